The summed E-state index contributed by atoms with van der Waals surface area (Å²) in [7, 11) is 0. The third kappa shape index (κ3) is 16.7. The molecule has 0 saturated carbocycles. The second-order valence-electron chi connectivity index (χ2n) is 5.24. The first-order valence-corrected chi connectivity index (χ1v) is 10.3. The summed E-state index contributed by atoms with van der Waals surface area (Å²) >= 11 is 9.00. The van der Waals surface area contributed by atoms with E-state index in [1.54, 1.807) is 0 Å². The molecule has 0 aliphatic heterocycles. The monoisotopic (exact) mass is 430 g/mol. The molecule has 0 saturated heterocycles. The SMILES string of the molecule is CC(O)C(NC(=O)CCCCC(S)CCS)[C](=O)[Zn+].NCC(=O)[O-]. The Balaban J connectivity index is 0. The van der Waals surface area contributed by atoms with Gasteiger partial charge in [-0.05, 0) is 0 Å². The second-order valence-corrected chi connectivity index (χ2v) is 7.88. The molecule has 0 bridgehead atoms. The van der Waals surface area contributed by atoms with Crippen LogP contribution in [0.3, 0.4) is 0 Å². The molecule has 0 aliphatic carbocycles. The van der Waals surface area contributed by atoms with E-state index >= 15 is 0 Å². The van der Waals surface area contributed by atoms with Gasteiger partial charge in [0.05, 0.1) is 5.97 Å². The van der Waals surface area contributed by atoms with E-state index < -0.39 is 18.1 Å². The third-order valence-electron chi connectivity index (χ3n) is 2.97. The standard InChI is InChI=1S/C12H22NO3S2.C2H5NO2.Zn/c1-9(15)11(8-14)13-12(16)5-3-2-4-10(18)6-7-17;3-1-2(4)5;/h9-11,15,17-18H,2-7H2,1H3,(H,13,16);1,3H2,(H,4,5);/q;;+1/p-1. The molecule has 24 heavy (non-hydrogen) atoms. The molecule has 0 heterocycles. The maximum atomic E-state index is 11.6. The average Bonchev–Trinajstić information content (AvgIpc) is 2.49. The number of carboxylic acid groups (broad SMARTS) is 1. The zero-order valence-electron chi connectivity index (χ0n) is 13.9. The minimum atomic E-state index is -1.22. The first-order chi connectivity index (χ1) is 11.1. The number of carboxylic acids is 1. The fourth-order valence-corrected chi connectivity index (χ4v) is 3.43. The number of aliphatic hydroxyl groups excluding tert-OH is 1. The number of hydrogen-bond acceptors (Lipinski definition) is 8. The van der Waals surface area contributed by atoms with E-state index in [2.05, 4.69) is 36.3 Å². The molecular weight excluding hydrogens is 406 g/mol. The number of thiol groups is 2. The number of carbonyl (C=O) groups excluding carboxylic acids is 3. The van der Waals surface area contributed by atoms with Gasteiger partial charge in [-0.3, -0.25) is 0 Å². The van der Waals surface area contributed by atoms with E-state index in [0.29, 0.717) is 30.0 Å². The van der Waals surface area contributed by atoms with Gasteiger partial charge < -0.3 is 15.6 Å². The predicted octanol–water partition coefficient (Wildman–Crippen LogP) is -1.20. The molecule has 0 rings (SSSR count). The van der Waals surface area contributed by atoms with E-state index in [1.807, 2.05) is 0 Å². The van der Waals surface area contributed by atoms with Gasteiger partial charge in [-0.2, -0.15) is 0 Å². The van der Waals surface area contributed by atoms with Crippen LogP contribution < -0.4 is 16.2 Å². The summed E-state index contributed by atoms with van der Waals surface area (Å²) in [5.74, 6) is -0.560. The largest absolute Gasteiger partial charge is 0.549 e. The van der Waals surface area contributed by atoms with Crippen molar-refractivity contribution in [2.45, 2.75) is 56.4 Å². The molecule has 0 radical (unpaired) electrons. The van der Waals surface area contributed by atoms with Crippen molar-refractivity contribution in [2.75, 3.05) is 12.3 Å². The Bertz CT molecular complexity index is 386. The van der Waals surface area contributed by atoms with Gasteiger partial charge in [0.1, 0.15) is 0 Å². The van der Waals surface area contributed by atoms with Gasteiger partial charge in [-0.1, -0.05) is 0 Å². The molecule has 4 N–H and O–H groups in total. The summed E-state index contributed by atoms with van der Waals surface area (Å²) in [4.78, 5) is 32.0. The van der Waals surface area contributed by atoms with Crippen molar-refractivity contribution in [2.24, 2.45) is 5.73 Å². The summed E-state index contributed by atoms with van der Waals surface area (Å²) in [5, 5.41) is 21.5. The molecule has 0 aliphatic rings. The molecule has 0 aromatic carbocycles. The fourth-order valence-electron chi connectivity index (χ4n) is 1.67. The smallest absolute Gasteiger partial charge is 0.0550 e. The zero-order chi connectivity index (χ0) is 19.1. The van der Waals surface area contributed by atoms with Crippen molar-refractivity contribution in [3.63, 3.8) is 0 Å². The Hall–Kier alpha value is -0.147. The maximum Gasteiger partial charge on any atom is 0.0550 e. The van der Waals surface area contributed by atoms with E-state index in [9.17, 15) is 14.7 Å². The van der Waals surface area contributed by atoms with Crippen molar-refractivity contribution in [1.29, 1.82) is 0 Å². The van der Waals surface area contributed by atoms with Gasteiger partial charge >= 0.3 is 136 Å². The molecule has 0 aromatic rings. The summed E-state index contributed by atoms with van der Waals surface area (Å²) in [6, 6.07) is -0.741. The topological polar surface area (TPSA) is 133 Å². The number of amides is 1. The number of nitrogens with one attached hydrogen (secondary N) is 1. The van der Waals surface area contributed by atoms with Crippen LogP contribution in [-0.4, -0.2) is 51.1 Å². The average molecular weight is 432 g/mol. The van der Waals surface area contributed by atoms with E-state index in [4.69, 9.17) is 9.90 Å². The van der Waals surface area contributed by atoms with Gasteiger partial charge in [0.25, 0.3) is 0 Å². The molecule has 0 aromatic heterocycles. The van der Waals surface area contributed by atoms with E-state index in [0.717, 1.165) is 31.4 Å². The van der Waals surface area contributed by atoms with E-state index in [1.165, 1.54) is 6.92 Å². The summed E-state index contributed by atoms with van der Waals surface area (Å²) in [5.41, 5.74) is 4.51. The maximum absolute atomic E-state index is 11.6. The molecule has 0 fully saturated rings. The molecule has 1 amide bonds. The number of hydrogen-bond donors (Lipinski definition) is 5. The van der Waals surface area contributed by atoms with Crippen LogP contribution in [0.4, 0.5) is 0 Å². The van der Waals surface area contributed by atoms with Crippen LogP contribution in [0.1, 0.15) is 39.0 Å². The number of aliphatic hydroxyl groups is 1. The number of rotatable bonds is 11. The van der Waals surface area contributed by atoms with Crippen molar-refractivity contribution in [1.82, 2.24) is 5.32 Å². The van der Waals surface area contributed by atoms with Crippen molar-refractivity contribution in [3.8, 4) is 0 Å². The minimum absolute atomic E-state index is 0.104. The van der Waals surface area contributed by atoms with Crippen LogP contribution in [0.5, 0.6) is 0 Å². The van der Waals surface area contributed by atoms with E-state index in [-0.39, 0.29) is 16.8 Å². The summed E-state index contributed by atoms with van der Waals surface area (Å²) in [6.07, 6.45) is 3.20. The molecule has 7 nitrogen and oxygen atoms in total. The minimum Gasteiger partial charge on any atom is -0.549 e. The Morgan fingerprint density at radius 2 is 1.83 bits per heavy atom. The first kappa shape index (κ1) is 26.1. The third-order valence-corrected chi connectivity index (χ3v) is 4.66. The van der Waals surface area contributed by atoms with Crippen LogP contribution in [0, 0.1) is 0 Å². The van der Waals surface area contributed by atoms with Gasteiger partial charge in [-0.25, -0.2) is 0 Å². The second kappa shape index (κ2) is 16.3. The first-order valence-electron chi connectivity index (χ1n) is 7.67. The molecular formula is C14H26N2O5S2Zn. The summed E-state index contributed by atoms with van der Waals surface area (Å²) in [6.45, 7) is 1.13. The molecule has 0 spiro atoms. The number of aliphatic carboxylic acids is 1. The van der Waals surface area contributed by atoms with Crippen LogP contribution in [0.15, 0.2) is 0 Å². The molecule has 3 atom stereocenters. The Morgan fingerprint density at radius 3 is 2.21 bits per heavy atom. The molecule has 10 heteroatoms. The zero-order valence-corrected chi connectivity index (χ0v) is 18.7. The number of unbranched alkanes of at least 4 members (excludes halogenated alkanes) is 1. The number of carbonyl (C=O) groups is 3. The normalized spacial score (nSPS) is 14.0. The van der Waals surface area contributed by atoms with Gasteiger partial charge in [0, 0.05) is 6.54 Å². The molecule has 136 valence electrons. The van der Waals surface area contributed by atoms with Crippen LogP contribution in [0.2, 0.25) is 0 Å². The van der Waals surface area contributed by atoms with Gasteiger partial charge in [-0.15, -0.1) is 0 Å². The van der Waals surface area contributed by atoms with Crippen molar-refractivity contribution >= 4 is 41.5 Å². The van der Waals surface area contributed by atoms with Crippen LogP contribution >= 0.6 is 25.3 Å². The molecule has 3 unspecified atom stereocenters. The Morgan fingerprint density at radius 1 is 1.29 bits per heavy atom. The van der Waals surface area contributed by atoms with Crippen molar-refractivity contribution < 1.29 is 42.9 Å². The fraction of sp³-hybridized carbons (Fsp3) is 0.786. The van der Waals surface area contributed by atoms with Gasteiger partial charge in [0.15, 0.2) is 0 Å². The predicted molar refractivity (Wildman–Crippen MR) is 92.4 cm³/mol. The van der Waals surface area contributed by atoms with Gasteiger partial charge in [0.2, 0.25) is 0 Å². The van der Waals surface area contributed by atoms with Crippen LogP contribution in [-0.2, 0) is 32.7 Å². The Labute approximate surface area is 164 Å². The quantitative estimate of drug-likeness (QED) is 0.158. The summed E-state index contributed by atoms with van der Waals surface area (Å²) < 4.78 is -0.104. The van der Waals surface area contributed by atoms with Crippen LogP contribution in [0.25, 0.3) is 0 Å². The number of nitrogens with two attached hydrogens (primary N) is 1. The van der Waals surface area contributed by atoms with Crippen molar-refractivity contribution in [3.05, 3.63) is 0 Å². The Kier molecular flexibility index (Phi) is 17.7.